The standard InChI is InChI=1S/C20H27N3O2/c1-5-23(6-2)19-11-10-16(13-18(19)21)22-20(24)15-8-7-9-17(12-15)25-14(3)4/h7-14H,5-6,21H2,1-4H3,(H,22,24). The van der Waals surface area contributed by atoms with Crippen molar-refractivity contribution in [2.24, 2.45) is 0 Å². The van der Waals surface area contributed by atoms with Gasteiger partial charge >= 0.3 is 0 Å². The topological polar surface area (TPSA) is 67.6 Å². The summed E-state index contributed by atoms with van der Waals surface area (Å²) in [7, 11) is 0. The van der Waals surface area contributed by atoms with Crippen molar-refractivity contribution in [1.29, 1.82) is 0 Å². The Morgan fingerprint density at radius 1 is 1.16 bits per heavy atom. The van der Waals surface area contributed by atoms with Gasteiger partial charge in [-0.1, -0.05) is 6.07 Å². The summed E-state index contributed by atoms with van der Waals surface area (Å²) < 4.78 is 5.64. The molecular formula is C20H27N3O2. The molecule has 2 aromatic carbocycles. The Kier molecular flexibility index (Phi) is 6.28. The molecule has 0 saturated heterocycles. The molecule has 0 heterocycles. The minimum atomic E-state index is -0.191. The van der Waals surface area contributed by atoms with E-state index in [0.29, 0.717) is 22.7 Å². The normalized spacial score (nSPS) is 10.6. The van der Waals surface area contributed by atoms with E-state index in [1.54, 1.807) is 18.2 Å². The lowest BCUT2D eigenvalue weighted by Crippen LogP contribution is -2.23. The quantitative estimate of drug-likeness (QED) is 0.742. The van der Waals surface area contributed by atoms with Crippen molar-refractivity contribution in [1.82, 2.24) is 0 Å². The lowest BCUT2D eigenvalue weighted by Gasteiger charge is -2.23. The monoisotopic (exact) mass is 341 g/mol. The van der Waals surface area contributed by atoms with Gasteiger partial charge in [0.05, 0.1) is 17.5 Å². The number of nitrogens with one attached hydrogen (secondary N) is 1. The van der Waals surface area contributed by atoms with Crippen LogP contribution in [0.4, 0.5) is 17.1 Å². The number of rotatable bonds is 7. The van der Waals surface area contributed by atoms with Crippen molar-refractivity contribution in [2.45, 2.75) is 33.8 Å². The zero-order valence-corrected chi connectivity index (χ0v) is 15.4. The van der Waals surface area contributed by atoms with Crippen LogP contribution in [0, 0.1) is 0 Å². The van der Waals surface area contributed by atoms with Gasteiger partial charge in [-0.25, -0.2) is 0 Å². The summed E-state index contributed by atoms with van der Waals surface area (Å²) in [6, 6.07) is 12.8. The van der Waals surface area contributed by atoms with E-state index >= 15 is 0 Å². The zero-order valence-electron chi connectivity index (χ0n) is 15.4. The number of hydrogen-bond donors (Lipinski definition) is 2. The molecule has 1 amide bonds. The highest BCUT2D eigenvalue weighted by Gasteiger charge is 2.11. The van der Waals surface area contributed by atoms with Crippen molar-refractivity contribution in [3.8, 4) is 5.75 Å². The zero-order chi connectivity index (χ0) is 18.4. The summed E-state index contributed by atoms with van der Waals surface area (Å²) in [5, 5.41) is 2.89. The number of carbonyl (C=O) groups excluding carboxylic acids is 1. The minimum absolute atomic E-state index is 0.0609. The Labute approximate surface area is 149 Å². The third-order valence-electron chi connectivity index (χ3n) is 3.86. The maximum Gasteiger partial charge on any atom is 0.255 e. The largest absolute Gasteiger partial charge is 0.491 e. The van der Waals surface area contributed by atoms with Gasteiger partial charge in [-0.2, -0.15) is 0 Å². The van der Waals surface area contributed by atoms with Crippen molar-refractivity contribution < 1.29 is 9.53 Å². The average molecular weight is 341 g/mol. The van der Waals surface area contributed by atoms with Crippen molar-refractivity contribution in [3.05, 3.63) is 48.0 Å². The van der Waals surface area contributed by atoms with Gasteiger partial charge in [0.15, 0.2) is 0 Å². The molecule has 0 aliphatic rings. The third-order valence-corrected chi connectivity index (χ3v) is 3.86. The van der Waals surface area contributed by atoms with Crippen molar-refractivity contribution in [2.75, 3.05) is 29.0 Å². The Hall–Kier alpha value is -2.69. The van der Waals surface area contributed by atoms with Gasteiger partial charge in [-0.05, 0) is 64.1 Å². The second-order valence-corrected chi connectivity index (χ2v) is 6.09. The summed E-state index contributed by atoms with van der Waals surface area (Å²) in [5.41, 5.74) is 9.01. The van der Waals surface area contributed by atoms with Gasteiger partial charge in [0, 0.05) is 24.3 Å². The SMILES string of the molecule is CCN(CC)c1ccc(NC(=O)c2cccc(OC(C)C)c2)cc1N. The smallest absolute Gasteiger partial charge is 0.255 e. The Morgan fingerprint density at radius 3 is 2.48 bits per heavy atom. The highest BCUT2D eigenvalue weighted by atomic mass is 16.5. The summed E-state index contributed by atoms with van der Waals surface area (Å²) in [4.78, 5) is 14.7. The first-order valence-corrected chi connectivity index (χ1v) is 8.67. The van der Waals surface area contributed by atoms with Crippen molar-refractivity contribution in [3.63, 3.8) is 0 Å². The molecule has 5 nitrogen and oxygen atoms in total. The fourth-order valence-corrected chi connectivity index (χ4v) is 2.67. The first-order valence-electron chi connectivity index (χ1n) is 8.67. The van der Waals surface area contributed by atoms with Crippen molar-refractivity contribution >= 4 is 23.0 Å². The Balaban J connectivity index is 2.14. The Morgan fingerprint density at radius 2 is 1.88 bits per heavy atom. The first-order chi connectivity index (χ1) is 11.9. The summed E-state index contributed by atoms with van der Waals surface area (Å²) >= 11 is 0. The van der Waals surface area contributed by atoms with Crippen LogP contribution in [0.25, 0.3) is 0 Å². The molecule has 0 saturated carbocycles. The molecule has 0 radical (unpaired) electrons. The van der Waals surface area contributed by atoms with Crippen LogP contribution in [-0.4, -0.2) is 25.1 Å². The molecule has 0 unspecified atom stereocenters. The van der Waals surface area contributed by atoms with Crippen LogP contribution in [-0.2, 0) is 0 Å². The van der Waals surface area contributed by atoms with E-state index in [1.807, 2.05) is 38.1 Å². The molecule has 3 N–H and O–H groups in total. The number of benzene rings is 2. The molecule has 0 spiro atoms. The maximum atomic E-state index is 12.5. The van der Waals surface area contributed by atoms with Gasteiger partial charge < -0.3 is 20.7 Å². The van der Waals surface area contributed by atoms with Gasteiger partial charge in [-0.3, -0.25) is 4.79 Å². The number of hydrogen-bond acceptors (Lipinski definition) is 4. The highest BCUT2D eigenvalue weighted by Crippen LogP contribution is 2.27. The summed E-state index contributed by atoms with van der Waals surface area (Å²) in [6.45, 7) is 9.85. The van der Waals surface area contributed by atoms with E-state index in [9.17, 15) is 4.79 Å². The molecule has 0 aromatic heterocycles. The second kappa shape index (κ2) is 8.42. The number of nitrogens with two attached hydrogens (primary N) is 1. The number of ether oxygens (including phenoxy) is 1. The molecule has 0 fully saturated rings. The molecule has 2 rings (SSSR count). The number of amides is 1. The molecule has 25 heavy (non-hydrogen) atoms. The summed E-state index contributed by atoms with van der Waals surface area (Å²) in [5.74, 6) is 0.489. The van der Waals surface area contributed by atoms with E-state index < -0.39 is 0 Å². The second-order valence-electron chi connectivity index (χ2n) is 6.09. The van der Waals surface area contributed by atoms with Crippen LogP contribution >= 0.6 is 0 Å². The molecule has 134 valence electrons. The molecule has 0 atom stereocenters. The average Bonchev–Trinajstić information content (AvgIpc) is 2.57. The predicted octanol–water partition coefficient (Wildman–Crippen LogP) is 4.15. The van der Waals surface area contributed by atoms with Gasteiger partial charge in [-0.15, -0.1) is 0 Å². The van der Waals surface area contributed by atoms with Crippen LogP contribution in [0.5, 0.6) is 5.75 Å². The number of nitrogen functional groups attached to an aromatic ring is 1. The van der Waals surface area contributed by atoms with E-state index in [4.69, 9.17) is 10.5 Å². The molecule has 5 heteroatoms. The van der Waals surface area contributed by atoms with Crippen LogP contribution in [0.3, 0.4) is 0 Å². The van der Waals surface area contributed by atoms with Crippen LogP contribution in [0.1, 0.15) is 38.1 Å². The van der Waals surface area contributed by atoms with E-state index in [0.717, 1.165) is 18.8 Å². The lowest BCUT2D eigenvalue weighted by molar-refractivity contribution is 0.102. The molecule has 0 aliphatic carbocycles. The van der Waals surface area contributed by atoms with Crippen LogP contribution in [0.2, 0.25) is 0 Å². The Bertz CT molecular complexity index is 725. The first kappa shape index (κ1) is 18.6. The maximum absolute atomic E-state index is 12.5. The number of nitrogens with zero attached hydrogens (tertiary/aromatic N) is 1. The summed E-state index contributed by atoms with van der Waals surface area (Å²) in [6.07, 6.45) is 0.0609. The number of anilines is 3. The lowest BCUT2D eigenvalue weighted by atomic mass is 10.1. The predicted molar refractivity (Wildman–Crippen MR) is 105 cm³/mol. The molecule has 0 bridgehead atoms. The van der Waals surface area contributed by atoms with E-state index in [-0.39, 0.29) is 12.0 Å². The highest BCUT2D eigenvalue weighted by molar-refractivity contribution is 6.04. The molecular weight excluding hydrogens is 314 g/mol. The minimum Gasteiger partial charge on any atom is -0.491 e. The van der Waals surface area contributed by atoms with Crippen LogP contribution < -0.4 is 20.7 Å². The van der Waals surface area contributed by atoms with Gasteiger partial charge in [0.1, 0.15) is 5.75 Å². The van der Waals surface area contributed by atoms with E-state index in [2.05, 4.69) is 24.1 Å². The molecule has 0 aliphatic heterocycles. The van der Waals surface area contributed by atoms with Crippen LogP contribution in [0.15, 0.2) is 42.5 Å². The third kappa shape index (κ3) is 4.89. The fourth-order valence-electron chi connectivity index (χ4n) is 2.67. The molecule has 2 aromatic rings. The van der Waals surface area contributed by atoms with Gasteiger partial charge in [0.25, 0.3) is 5.91 Å². The fraction of sp³-hybridized carbons (Fsp3) is 0.350. The van der Waals surface area contributed by atoms with Gasteiger partial charge in [0.2, 0.25) is 0 Å². The van der Waals surface area contributed by atoms with E-state index in [1.165, 1.54) is 0 Å². The number of carbonyl (C=O) groups is 1.